The number of nitrogens with zero attached hydrogens (tertiary/aromatic N) is 1. The monoisotopic (exact) mass is 350 g/mol. The normalized spacial score (nSPS) is 16.4. The molecule has 1 aliphatic rings. The Kier molecular flexibility index (Phi) is 4.95. The van der Waals surface area contributed by atoms with Crippen LogP contribution in [0, 0.1) is 0 Å². The molecule has 10 heteroatoms. The number of nitrogens with one attached hydrogen (secondary N) is 1. The number of hydrogen-bond donors (Lipinski definition) is 2. The Hall–Kier alpha value is -2.39. The van der Waals surface area contributed by atoms with Crippen molar-refractivity contribution in [2.24, 2.45) is 0 Å². The van der Waals surface area contributed by atoms with Crippen LogP contribution in [-0.4, -0.2) is 46.5 Å². The second kappa shape index (κ2) is 6.62. The molecular weight excluding hydrogens is 336 g/mol. The quantitative estimate of drug-likeness (QED) is 0.735. The molecule has 132 valence electrons. The van der Waals surface area contributed by atoms with Crippen molar-refractivity contribution in [1.29, 1.82) is 0 Å². The van der Waals surface area contributed by atoms with Crippen LogP contribution in [0.25, 0.3) is 0 Å². The van der Waals surface area contributed by atoms with E-state index >= 15 is 0 Å². The first-order valence-electron chi connectivity index (χ1n) is 6.97. The molecule has 1 saturated carbocycles. The Morgan fingerprint density at radius 1 is 1.38 bits per heavy atom. The second-order valence-corrected chi connectivity index (χ2v) is 5.43. The van der Waals surface area contributed by atoms with Crippen molar-refractivity contribution in [3.8, 4) is 5.88 Å². The number of hydrogen-bond acceptors (Lipinski definition) is 4. The second-order valence-electron chi connectivity index (χ2n) is 5.43. The van der Waals surface area contributed by atoms with E-state index in [0.717, 1.165) is 12.3 Å². The molecule has 1 aliphatic carbocycles. The maximum absolute atomic E-state index is 12.7. The summed E-state index contributed by atoms with van der Waals surface area (Å²) < 4.78 is 53.9. The number of carbonyl (C=O) groups excluding carboxylic acids is 1. The number of aromatic nitrogens is 1. The lowest BCUT2D eigenvalue weighted by Crippen LogP contribution is -2.59. The van der Waals surface area contributed by atoms with Crippen LogP contribution in [0.15, 0.2) is 18.3 Å². The van der Waals surface area contributed by atoms with Gasteiger partial charge in [0.05, 0.1) is 5.56 Å². The van der Waals surface area contributed by atoms with E-state index in [2.05, 4.69) is 15.0 Å². The lowest BCUT2D eigenvalue weighted by atomic mass is 9.76. The number of amides is 1. The van der Waals surface area contributed by atoms with Gasteiger partial charge >= 0.3 is 18.3 Å². The van der Waals surface area contributed by atoms with E-state index in [-0.39, 0.29) is 11.4 Å². The summed E-state index contributed by atoms with van der Waals surface area (Å²) in [5, 5.41) is 11.5. The lowest BCUT2D eigenvalue weighted by Gasteiger charge is -2.38. The molecule has 0 radical (unpaired) electrons. The fourth-order valence-corrected chi connectivity index (χ4v) is 2.05. The van der Waals surface area contributed by atoms with Crippen LogP contribution in [0.2, 0.25) is 0 Å². The molecule has 0 unspecified atom stereocenters. The van der Waals surface area contributed by atoms with Crippen LogP contribution >= 0.6 is 0 Å². The van der Waals surface area contributed by atoms with Crippen LogP contribution < -0.4 is 10.1 Å². The van der Waals surface area contributed by atoms with Gasteiger partial charge in [0, 0.05) is 12.3 Å². The van der Waals surface area contributed by atoms with Gasteiger partial charge in [-0.2, -0.15) is 8.78 Å². The van der Waals surface area contributed by atoms with Gasteiger partial charge in [-0.25, -0.2) is 18.6 Å². The highest BCUT2D eigenvalue weighted by molar-refractivity contribution is 5.98. The molecule has 1 aromatic heterocycles. The van der Waals surface area contributed by atoms with E-state index in [1.165, 1.54) is 6.07 Å². The van der Waals surface area contributed by atoms with Crippen molar-refractivity contribution in [3.05, 3.63) is 23.9 Å². The predicted octanol–water partition coefficient (Wildman–Crippen LogP) is 2.10. The Labute approximate surface area is 133 Å². The third kappa shape index (κ3) is 3.74. The molecule has 2 N–H and O–H groups in total. The molecule has 0 aromatic carbocycles. The van der Waals surface area contributed by atoms with Gasteiger partial charge in [-0.15, -0.1) is 0 Å². The van der Waals surface area contributed by atoms with Crippen molar-refractivity contribution in [3.63, 3.8) is 0 Å². The van der Waals surface area contributed by atoms with Gasteiger partial charge < -0.3 is 15.2 Å². The van der Waals surface area contributed by atoms with Gasteiger partial charge in [0.25, 0.3) is 5.91 Å². The molecule has 24 heavy (non-hydrogen) atoms. The number of alkyl halides is 4. The van der Waals surface area contributed by atoms with Crippen LogP contribution in [0.4, 0.5) is 17.6 Å². The van der Waals surface area contributed by atoms with E-state index < -0.39 is 36.4 Å². The molecule has 0 aliphatic heterocycles. The molecule has 0 saturated heterocycles. The predicted molar refractivity (Wildman–Crippen MR) is 72.4 cm³/mol. The summed E-state index contributed by atoms with van der Waals surface area (Å²) in [4.78, 5) is 26.7. The van der Waals surface area contributed by atoms with Gasteiger partial charge in [0.15, 0.2) is 6.61 Å². The minimum absolute atomic E-state index is 0.00417. The molecule has 2 rings (SSSR count). The zero-order chi connectivity index (χ0) is 18.0. The fraction of sp³-hybridized carbons (Fsp3) is 0.500. The Morgan fingerprint density at radius 3 is 2.46 bits per heavy atom. The highest BCUT2D eigenvalue weighted by Gasteiger charge is 2.46. The van der Waals surface area contributed by atoms with Crippen LogP contribution in [0.5, 0.6) is 5.88 Å². The summed E-state index contributed by atoms with van der Waals surface area (Å²) in [5.74, 6) is -6.49. The number of pyridine rings is 1. The third-order valence-electron chi connectivity index (χ3n) is 3.70. The van der Waals surface area contributed by atoms with Crippen molar-refractivity contribution in [2.75, 3.05) is 6.61 Å². The fourth-order valence-electron chi connectivity index (χ4n) is 2.05. The standard InChI is InChI=1S/C14H14F4N2O4/c15-11(16)14(17,18)7-24-9-3-2-8(6-19-9)10(21)20-13(12(22)23)4-1-5-13/h2-3,6,11H,1,4-5,7H2,(H,20,21)(H,22,23). The summed E-state index contributed by atoms with van der Waals surface area (Å²) in [7, 11) is 0. The zero-order valence-electron chi connectivity index (χ0n) is 12.3. The van der Waals surface area contributed by atoms with E-state index in [9.17, 15) is 27.2 Å². The van der Waals surface area contributed by atoms with Gasteiger partial charge in [0.2, 0.25) is 5.88 Å². The highest BCUT2D eigenvalue weighted by atomic mass is 19.3. The first-order chi connectivity index (χ1) is 11.2. The summed E-state index contributed by atoms with van der Waals surface area (Å²) >= 11 is 0. The molecular formula is C14H14F4N2O4. The Balaban J connectivity index is 1.96. The number of ether oxygens (including phenoxy) is 1. The topological polar surface area (TPSA) is 88.5 Å². The smallest absolute Gasteiger partial charge is 0.340 e. The van der Waals surface area contributed by atoms with Crippen LogP contribution in [0.1, 0.15) is 29.6 Å². The van der Waals surface area contributed by atoms with E-state index in [0.29, 0.717) is 19.3 Å². The summed E-state index contributed by atoms with van der Waals surface area (Å²) in [6.45, 7) is -1.55. The lowest BCUT2D eigenvalue weighted by molar-refractivity contribution is -0.148. The van der Waals surface area contributed by atoms with Crippen LogP contribution in [-0.2, 0) is 4.79 Å². The van der Waals surface area contributed by atoms with Crippen molar-refractivity contribution < 1.29 is 37.0 Å². The van der Waals surface area contributed by atoms with Gasteiger partial charge in [-0.05, 0) is 25.3 Å². The number of carbonyl (C=O) groups is 2. The first-order valence-corrected chi connectivity index (χ1v) is 6.97. The first kappa shape index (κ1) is 18.0. The minimum Gasteiger partial charge on any atom is -0.480 e. The molecule has 0 atom stereocenters. The Bertz CT molecular complexity index is 618. The van der Waals surface area contributed by atoms with Gasteiger partial charge in [0.1, 0.15) is 5.54 Å². The number of carboxylic acids is 1. The third-order valence-corrected chi connectivity index (χ3v) is 3.70. The van der Waals surface area contributed by atoms with E-state index in [1.54, 1.807) is 0 Å². The minimum atomic E-state index is -4.31. The average molecular weight is 350 g/mol. The molecule has 0 spiro atoms. The number of halogens is 4. The molecule has 1 aromatic rings. The number of rotatable bonds is 7. The molecule has 1 heterocycles. The molecule has 0 bridgehead atoms. The van der Waals surface area contributed by atoms with Gasteiger partial charge in [-0.1, -0.05) is 0 Å². The van der Waals surface area contributed by atoms with Crippen LogP contribution in [0.3, 0.4) is 0 Å². The van der Waals surface area contributed by atoms with Gasteiger partial charge in [-0.3, -0.25) is 4.79 Å². The SMILES string of the molecule is O=C(NC1(C(=O)O)CCC1)c1ccc(OCC(F)(F)C(F)F)nc1. The summed E-state index contributed by atoms with van der Waals surface area (Å²) in [5.41, 5.74) is -1.30. The maximum atomic E-state index is 12.7. The molecule has 1 amide bonds. The number of aliphatic carboxylic acids is 1. The summed E-state index contributed by atoms with van der Waals surface area (Å²) in [6.07, 6.45) is -1.58. The largest absolute Gasteiger partial charge is 0.480 e. The molecule has 1 fully saturated rings. The number of carboxylic acid groups (broad SMARTS) is 1. The zero-order valence-corrected chi connectivity index (χ0v) is 12.3. The Morgan fingerprint density at radius 2 is 2.04 bits per heavy atom. The molecule has 6 nitrogen and oxygen atoms in total. The van der Waals surface area contributed by atoms with Crippen molar-refractivity contribution >= 4 is 11.9 Å². The van der Waals surface area contributed by atoms with E-state index in [1.807, 2.05) is 0 Å². The van der Waals surface area contributed by atoms with Crippen molar-refractivity contribution in [2.45, 2.75) is 37.1 Å². The van der Waals surface area contributed by atoms with Crippen molar-refractivity contribution in [1.82, 2.24) is 10.3 Å². The average Bonchev–Trinajstić information content (AvgIpc) is 2.48. The summed E-state index contributed by atoms with van der Waals surface area (Å²) in [6, 6.07) is 2.23. The highest BCUT2D eigenvalue weighted by Crippen LogP contribution is 2.32. The van der Waals surface area contributed by atoms with E-state index in [4.69, 9.17) is 5.11 Å². The maximum Gasteiger partial charge on any atom is 0.340 e.